The third kappa shape index (κ3) is 4.00. The van der Waals surface area contributed by atoms with Gasteiger partial charge in [-0.15, -0.1) is 0 Å². The Labute approximate surface area is 103 Å². The van der Waals surface area contributed by atoms with E-state index in [-0.39, 0.29) is 11.8 Å². The van der Waals surface area contributed by atoms with Crippen LogP contribution in [-0.4, -0.2) is 11.7 Å². The minimum Gasteiger partial charge on any atom is -0.508 e. The van der Waals surface area contributed by atoms with Crippen LogP contribution in [0.4, 0.5) is 4.39 Å². The summed E-state index contributed by atoms with van der Waals surface area (Å²) in [5.74, 6) is 0.271. The predicted octanol–water partition coefficient (Wildman–Crippen LogP) is 3.62. The van der Waals surface area contributed by atoms with E-state index in [1.807, 2.05) is 6.92 Å². The molecule has 1 aromatic carbocycles. The summed E-state index contributed by atoms with van der Waals surface area (Å²) in [6.45, 7) is 7.26. The summed E-state index contributed by atoms with van der Waals surface area (Å²) in [5, 5.41) is 13.0. The Bertz CT molecular complexity index is 350. The highest BCUT2D eigenvalue weighted by atomic mass is 19.1. The highest BCUT2D eigenvalue weighted by Gasteiger charge is 2.12. The summed E-state index contributed by atoms with van der Waals surface area (Å²) in [5.41, 5.74) is 0.748. The molecule has 0 saturated carbocycles. The Hall–Kier alpha value is -1.09. The van der Waals surface area contributed by atoms with Gasteiger partial charge in [-0.25, -0.2) is 4.39 Å². The third-order valence-electron chi connectivity index (χ3n) is 3.33. The molecule has 1 atom stereocenters. The number of aromatic hydroxyl groups is 1. The highest BCUT2D eigenvalue weighted by molar-refractivity contribution is 5.34. The van der Waals surface area contributed by atoms with Crippen molar-refractivity contribution in [3.63, 3.8) is 0 Å². The van der Waals surface area contributed by atoms with Gasteiger partial charge in [0.05, 0.1) is 0 Å². The fourth-order valence-corrected chi connectivity index (χ4v) is 1.91. The number of hydrogen-bond acceptors (Lipinski definition) is 2. The standard InChI is InChI=1S/C14H22FNO/c1-4-11(5-2)9-16-10(3)13-7-6-12(15)8-14(13)17/h6-8,10-11,16-17H,4-5,9H2,1-3H3. The van der Waals surface area contributed by atoms with Crippen molar-refractivity contribution in [3.05, 3.63) is 29.6 Å². The molecular weight excluding hydrogens is 217 g/mol. The molecule has 0 aliphatic rings. The largest absolute Gasteiger partial charge is 0.508 e. The normalized spacial score (nSPS) is 13.0. The molecule has 0 radical (unpaired) electrons. The van der Waals surface area contributed by atoms with E-state index in [0.717, 1.165) is 31.0 Å². The first-order valence-electron chi connectivity index (χ1n) is 6.30. The molecular formula is C14H22FNO. The van der Waals surface area contributed by atoms with Crippen LogP contribution in [0, 0.1) is 11.7 Å². The molecule has 0 heterocycles. The molecule has 3 heteroatoms. The summed E-state index contributed by atoms with van der Waals surface area (Å²) in [4.78, 5) is 0. The van der Waals surface area contributed by atoms with E-state index < -0.39 is 5.82 Å². The topological polar surface area (TPSA) is 32.3 Å². The van der Waals surface area contributed by atoms with Gasteiger partial charge in [0.1, 0.15) is 11.6 Å². The van der Waals surface area contributed by atoms with Crippen LogP contribution >= 0.6 is 0 Å². The lowest BCUT2D eigenvalue weighted by Crippen LogP contribution is -2.25. The summed E-state index contributed by atoms with van der Waals surface area (Å²) in [6, 6.07) is 4.21. The lowest BCUT2D eigenvalue weighted by Gasteiger charge is -2.19. The molecule has 1 aromatic rings. The van der Waals surface area contributed by atoms with Crippen molar-refractivity contribution in [1.29, 1.82) is 0 Å². The van der Waals surface area contributed by atoms with Gasteiger partial charge >= 0.3 is 0 Å². The zero-order valence-corrected chi connectivity index (χ0v) is 10.8. The summed E-state index contributed by atoms with van der Waals surface area (Å²) < 4.78 is 12.9. The highest BCUT2D eigenvalue weighted by Crippen LogP contribution is 2.24. The number of phenols is 1. The van der Waals surface area contributed by atoms with E-state index in [4.69, 9.17) is 0 Å². The number of benzene rings is 1. The fourth-order valence-electron chi connectivity index (χ4n) is 1.91. The first-order valence-corrected chi connectivity index (χ1v) is 6.30. The van der Waals surface area contributed by atoms with Gasteiger partial charge in [0.15, 0.2) is 0 Å². The molecule has 2 N–H and O–H groups in total. The zero-order chi connectivity index (χ0) is 12.8. The van der Waals surface area contributed by atoms with Crippen LogP contribution in [0.2, 0.25) is 0 Å². The molecule has 96 valence electrons. The Morgan fingerprint density at radius 2 is 1.94 bits per heavy atom. The third-order valence-corrected chi connectivity index (χ3v) is 3.33. The maximum Gasteiger partial charge on any atom is 0.126 e. The van der Waals surface area contributed by atoms with Crippen molar-refractivity contribution < 1.29 is 9.50 Å². The van der Waals surface area contributed by atoms with Crippen molar-refractivity contribution >= 4 is 0 Å². The second-order valence-corrected chi connectivity index (χ2v) is 4.52. The summed E-state index contributed by atoms with van der Waals surface area (Å²) in [7, 11) is 0. The van der Waals surface area contributed by atoms with Crippen LogP contribution in [0.15, 0.2) is 18.2 Å². The molecule has 0 spiro atoms. The van der Waals surface area contributed by atoms with Crippen LogP contribution < -0.4 is 5.32 Å². The molecule has 1 unspecified atom stereocenters. The lowest BCUT2D eigenvalue weighted by atomic mass is 10.0. The van der Waals surface area contributed by atoms with Gasteiger partial charge < -0.3 is 10.4 Å². The number of rotatable bonds is 6. The van der Waals surface area contributed by atoms with Crippen molar-refractivity contribution in [2.24, 2.45) is 5.92 Å². The minimum atomic E-state index is -0.404. The second-order valence-electron chi connectivity index (χ2n) is 4.52. The van der Waals surface area contributed by atoms with Gasteiger partial charge in [-0.1, -0.05) is 32.8 Å². The van der Waals surface area contributed by atoms with Crippen molar-refractivity contribution in [1.82, 2.24) is 5.32 Å². The van der Waals surface area contributed by atoms with Crippen LogP contribution in [0.3, 0.4) is 0 Å². The molecule has 0 fully saturated rings. The van der Waals surface area contributed by atoms with Gasteiger partial charge in [0.2, 0.25) is 0 Å². The average Bonchev–Trinajstić information content (AvgIpc) is 2.30. The summed E-state index contributed by atoms with van der Waals surface area (Å²) >= 11 is 0. The average molecular weight is 239 g/mol. The first kappa shape index (κ1) is 14.0. The minimum absolute atomic E-state index is 0.0227. The molecule has 17 heavy (non-hydrogen) atoms. The number of nitrogens with one attached hydrogen (secondary N) is 1. The van der Waals surface area contributed by atoms with Gasteiger partial charge in [-0.2, -0.15) is 0 Å². The van der Waals surface area contributed by atoms with E-state index >= 15 is 0 Å². The maximum atomic E-state index is 12.9. The van der Waals surface area contributed by atoms with E-state index in [1.54, 1.807) is 6.07 Å². The van der Waals surface area contributed by atoms with Gasteiger partial charge in [0.25, 0.3) is 0 Å². The SMILES string of the molecule is CCC(CC)CNC(C)c1ccc(F)cc1O. The van der Waals surface area contributed by atoms with Gasteiger partial charge in [-0.3, -0.25) is 0 Å². The fraction of sp³-hybridized carbons (Fsp3) is 0.571. The number of halogens is 1. The van der Waals surface area contributed by atoms with E-state index in [1.165, 1.54) is 6.07 Å². The lowest BCUT2D eigenvalue weighted by molar-refractivity contribution is 0.408. The smallest absolute Gasteiger partial charge is 0.126 e. The van der Waals surface area contributed by atoms with Gasteiger partial charge in [0, 0.05) is 17.7 Å². The predicted molar refractivity (Wildman–Crippen MR) is 68.6 cm³/mol. The molecule has 0 amide bonds. The molecule has 2 nitrogen and oxygen atoms in total. The maximum absolute atomic E-state index is 12.9. The van der Waals surface area contributed by atoms with Crippen molar-refractivity contribution in [2.45, 2.75) is 39.7 Å². The Morgan fingerprint density at radius 3 is 2.47 bits per heavy atom. The molecule has 0 bridgehead atoms. The molecule has 0 aliphatic carbocycles. The number of phenolic OH excluding ortho intramolecular Hbond substituents is 1. The van der Waals surface area contributed by atoms with Crippen molar-refractivity contribution in [2.75, 3.05) is 6.54 Å². The quantitative estimate of drug-likeness (QED) is 0.794. The molecule has 0 saturated heterocycles. The second kappa shape index (κ2) is 6.60. The molecule has 0 aliphatic heterocycles. The Morgan fingerprint density at radius 1 is 1.29 bits per heavy atom. The van der Waals surface area contributed by atoms with Crippen LogP contribution in [0.25, 0.3) is 0 Å². The summed E-state index contributed by atoms with van der Waals surface area (Å²) in [6.07, 6.45) is 2.29. The van der Waals surface area contributed by atoms with Gasteiger partial charge in [-0.05, 0) is 25.5 Å². The van der Waals surface area contributed by atoms with E-state index in [9.17, 15) is 9.50 Å². The monoisotopic (exact) mass is 239 g/mol. The molecule has 0 aromatic heterocycles. The van der Waals surface area contributed by atoms with Crippen molar-refractivity contribution in [3.8, 4) is 5.75 Å². The first-order chi connectivity index (χ1) is 8.08. The van der Waals surface area contributed by atoms with E-state index in [0.29, 0.717) is 5.92 Å². The zero-order valence-electron chi connectivity index (χ0n) is 10.8. The van der Waals surface area contributed by atoms with Crippen LogP contribution in [0.5, 0.6) is 5.75 Å². The van der Waals surface area contributed by atoms with Crippen LogP contribution in [0.1, 0.15) is 45.2 Å². The Kier molecular flexibility index (Phi) is 5.42. The molecule has 1 rings (SSSR count). The number of hydrogen-bond donors (Lipinski definition) is 2. The van der Waals surface area contributed by atoms with Crippen LogP contribution in [-0.2, 0) is 0 Å². The van der Waals surface area contributed by atoms with E-state index in [2.05, 4.69) is 19.2 Å². The Balaban J connectivity index is 2.60.